The van der Waals surface area contributed by atoms with E-state index in [1.165, 1.54) is 90.9 Å². The second-order valence-corrected chi connectivity index (χ2v) is 14.5. The van der Waals surface area contributed by atoms with Crippen LogP contribution in [0.1, 0.15) is 144 Å². The van der Waals surface area contributed by atoms with E-state index in [9.17, 15) is 14.4 Å². The third kappa shape index (κ3) is 17.3. The number of ether oxygens (including phenoxy) is 4. The van der Waals surface area contributed by atoms with Crippen molar-refractivity contribution in [3.05, 3.63) is 0 Å². The van der Waals surface area contributed by atoms with Gasteiger partial charge in [-0.2, -0.15) is 4.37 Å². The van der Waals surface area contributed by atoms with Gasteiger partial charge in [0.2, 0.25) is 11.7 Å². The molecule has 1 amide bonds. The molecule has 1 aliphatic rings. The maximum atomic E-state index is 13.1. The van der Waals surface area contributed by atoms with Gasteiger partial charge >= 0.3 is 11.9 Å². The van der Waals surface area contributed by atoms with Crippen LogP contribution in [0.4, 0.5) is 5.82 Å². The Hall–Kier alpha value is -2.47. The third-order valence-corrected chi connectivity index (χ3v) is 9.14. The number of nitrogens with zero attached hydrogens (tertiary/aromatic N) is 4. The van der Waals surface area contributed by atoms with E-state index in [-0.39, 0.29) is 25.5 Å². The highest BCUT2D eigenvalue weighted by atomic mass is 32.1. The summed E-state index contributed by atoms with van der Waals surface area (Å²) in [5.41, 5.74) is -0.511. The number of carbonyl (C=O) groups is 3. The minimum absolute atomic E-state index is 0.0475. The molecule has 2 atom stereocenters. The molecular formula is C36H64N4O7S. The van der Waals surface area contributed by atoms with Crippen molar-refractivity contribution in [3.8, 4) is 5.88 Å². The first-order valence-corrected chi connectivity index (χ1v) is 19.2. The Morgan fingerprint density at radius 3 is 1.92 bits per heavy atom. The summed E-state index contributed by atoms with van der Waals surface area (Å²) in [6.45, 7) is 13.6. The van der Waals surface area contributed by atoms with Gasteiger partial charge in [-0.3, -0.25) is 9.59 Å². The number of rotatable bonds is 25. The largest absolute Gasteiger partial charge is 0.470 e. The lowest BCUT2D eigenvalue weighted by atomic mass is 10.0. The van der Waals surface area contributed by atoms with Crippen molar-refractivity contribution >= 4 is 35.4 Å². The van der Waals surface area contributed by atoms with Gasteiger partial charge in [-0.25, -0.2) is 4.79 Å². The molecule has 0 unspecified atom stereocenters. The van der Waals surface area contributed by atoms with E-state index in [2.05, 4.69) is 15.7 Å². The summed E-state index contributed by atoms with van der Waals surface area (Å²) >= 11 is 1.04. The van der Waals surface area contributed by atoms with Gasteiger partial charge in [0.1, 0.15) is 6.61 Å². The number of anilines is 1. The van der Waals surface area contributed by atoms with Gasteiger partial charge in [-0.1, -0.05) is 96.8 Å². The lowest BCUT2D eigenvalue weighted by molar-refractivity contribution is -0.173. The van der Waals surface area contributed by atoms with Crippen LogP contribution in [0.25, 0.3) is 0 Å². The zero-order valence-corrected chi connectivity index (χ0v) is 31.6. The van der Waals surface area contributed by atoms with Crippen molar-refractivity contribution in [3.63, 3.8) is 0 Å². The number of hydrogen-bond donors (Lipinski definition) is 0. The van der Waals surface area contributed by atoms with Crippen LogP contribution in [-0.4, -0.2) is 88.7 Å². The van der Waals surface area contributed by atoms with Crippen molar-refractivity contribution in [1.82, 2.24) is 13.6 Å². The van der Waals surface area contributed by atoms with Crippen LogP contribution in [-0.2, 0) is 28.6 Å². The van der Waals surface area contributed by atoms with Crippen molar-refractivity contribution < 1.29 is 33.3 Å². The molecule has 1 fully saturated rings. The molecule has 0 saturated carbocycles. The highest BCUT2D eigenvalue weighted by molar-refractivity contribution is 6.99. The Kier molecular flexibility index (Phi) is 20.7. The van der Waals surface area contributed by atoms with Crippen molar-refractivity contribution in [2.45, 2.75) is 162 Å². The van der Waals surface area contributed by atoms with Crippen molar-refractivity contribution in [1.29, 1.82) is 0 Å². The van der Waals surface area contributed by atoms with Crippen LogP contribution in [0.3, 0.4) is 0 Å². The Bertz CT molecular complexity index is 1040. The summed E-state index contributed by atoms with van der Waals surface area (Å²) < 4.78 is 31.3. The predicted octanol–water partition coefficient (Wildman–Crippen LogP) is 7.51. The Labute approximate surface area is 294 Å². The topological polar surface area (TPSA) is 120 Å². The highest BCUT2D eigenvalue weighted by Gasteiger charge is 2.31. The van der Waals surface area contributed by atoms with Gasteiger partial charge in [0, 0.05) is 32.0 Å². The molecule has 1 saturated heterocycles. The number of esters is 2. The van der Waals surface area contributed by atoms with E-state index >= 15 is 0 Å². The number of carbonyl (C=O) groups excluding carboxylic acids is 3. The highest BCUT2D eigenvalue weighted by Crippen LogP contribution is 2.27. The van der Waals surface area contributed by atoms with Crippen LogP contribution < -0.4 is 9.64 Å². The van der Waals surface area contributed by atoms with E-state index in [0.29, 0.717) is 38.0 Å². The summed E-state index contributed by atoms with van der Waals surface area (Å²) in [6.07, 6.45) is 17.2. The Morgan fingerprint density at radius 2 is 1.40 bits per heavy atom. The van der Waals surface area contributed by atoms with Gasteiger partial charge < -0.3 is 28.7 Å². The fourth-order valence-corrected chi connectivity index (χ4v) is 6.33. The van der Waals surface area contributed by atoms with E-state index in [0.717, 1.165) is 31.0 Å². The van der Waals surface area contributed by atoms with Gasteiger partial charge in [0.15, 0.2) is 12.2 Å². The van der Waals surface area contributed by atoms with E-state index in [1.54, 1.807) is 4.90 Å². The van der Waals surface area contributed by atoms with Crippen LogP contribution >= 0.6 is 11.7 Å². The maximum Gasteiger partial charge on any atom is 0.347 e. The summed E-state index contributed by atoms with van der Waals surface area (Å²) in [4.78, 5) is 41.8. The van der Waals surface area contributed by atoms with Crippen LogP contribution in [0.2, 0.25) is 0 Å². The Balaban J connectivity index is 1.73. The fraction of sp³-hybridized carbons (Fsp3) is 0.861. The normalized spacial score (nSPS) is 14.8. The lowest BCUT2D eigenvalue weighted by Gasteiger charge is -2.37. The first kappa shape index (κ1) is 41.7. The maximum absolute atomic E-state index is 13.1. The third-order valence-electron chi connectivity index (χ3n) is 8.64. The molecule has 0 aliphatic carbocycles. The van der Waals surface area contributed by atoms with Crippen LogP contribution in [0.15, 0.2) is 0 Å². The van der Waals surface area contributed by atoms with Crippen LogP contribution in [0, 0.1) is 0 Å². The van der Waals surface area contributed by atoms with Gasteiger partial charge in [0.05, 0.1) is 31.5 Å². The molecular weight excluding hydrogens is 632 g/mol. The second kappa shape index (κ2) is 23.8. The van der Waals surface area contributed by atoms with Crippen LogP contribution in [0.5, 0.6) is 5.88 Å². The molecule has 276 valence electrons. The molecule has 2 heterocycles. The SMILES string of the molecule is CCCCCCCCCCCCCCCCCC(=O)O[C@H](C)C(=O)O[C@H](COc1nsnc1N1CCOCC1)CN(C(C)=O)C(C)(C)C. The number of unbranched alkanes of at least 4 members (excludes halogenated alkanes) is 14. The van der Waals surface area contributed by atoms with E-state index < -0.39 is 29.7 Å². The van der Waals surface area contributed by atoms with Gasteiger partial charge in [-0.15, -0.1) is 4.37 Å². The molecule has 1 aliphatic heterocycles. The quantitative estimate of drug-likeness (QED) is 0.0751. The van der Waals surface area contributed by atoms with E-state index in [1.807, 2.05) is 25.7 Å². The Morgan fingerprint density at radius 1 is 0.854 bits per heavy atom. The number of amides is 1. The lowest BCUT2D eigenvalue weighted by Crippen LogP contribution is -2.50. The molecule has 1 aromatic heterocycles. The summed E-state index contributed by atoms with van der Waals surface area (Å²) in [5, 5.41) is 0. The standard InChI is InChI=1S/C36H64N4O7S/c1-7-8-9-10-11-12-13-14-15-16-17-18-19-20-21-22-32(42)46-29(2)35(43)47-31(27-40(30(3)41)36(4,5)6)28-45-34-33(37-48-38-34)39-23-25-44-26-24-39/h29,31H,7-28H2,1-6H3/t29-,31+/m1/s1. The molecule has 0 bridgehead atoms. The molecule has 0 radical (unpaired) electrons. The number of hydrogen-bond acceptors (Lipinski definition) is 11. The zero-order chi connectivity index (χ0) is 35.2. The monoisotopic (exact) mass is 696 g/mol. The molecule has 0 aromatic carbocycles. The average molecular weight is 697 g/mol. The van der Waals surface area contributed by atoms with Crippen molar-refractivity contribution in [2.75, 3.05) is 44.4 Å². The average Bonchev–Trinajstić information content (AvgIpc) is 3.52. The molecule has 48 heavy (non-hydrogen) atoms. The zero-order valence-electron chi connectivity index (χ0n) is 30.8. The minimum atomic E-state index is -1.08. The number of aromatic nitrogens is 2. The summed E-state index contributed by atoms with van der Waals surface area (Å²) in [7, 11) is 0. The molecule has 1 aromatic rings. The summed E-state index contributed by atoms with van der Waals surface area (Å²) in [5.74, 6) is -0.290. The predicted molar refractivity (Wildman–Crippen MR) is 191 cm³/mol. The fourth-order valence-electron chi connectivity index (χ4n) is 5.81. The molecule has 0 N–H and O–H groups in total. The second-order valence-electron chi connectivity index (χ2n) is 14.0. The summed E-state index contributed by atoms with van der Waals surface area (Å²) in [6, 6.07) is 0. The smallest absolute Gasteiger partial charge is 0.347 e. The van der Waals surface area contributed by atoms with Crippen molar-refractivity contribution in [2.24, 2.45) is 0 Å². The molecule has 12 heteroatoms. The first-order valence-electron chi connectivity index (χ1n) is 18.5. The molecule has 11 nitrogen and oxygen atoms in total. The molecule has 0 spiro atoms. The van der Waals surface area contributed by atoms with Gasteiger partial charge in [-0.05, 0) is 34.1 Å². The van der Waals surface area contributed by atoms with Gasteiger partial charge in [0.25, 0.3) is 5.88 Å². The van der Waals surface area contributed by atoms with E-state index in [4.69, 9.17) is 18.9 Å². The number of morpholine rings is 1. The first-order chi connectivity index (χ1) is 23.0. The minimum Gasteiger partial charge on any atom is -0.470 e. The molecule has 2 rings (SSSR count).